The van der Waals surface area contributed by atoms with Crippen molar-refractivity contribution < 1.29 is 9.84 Å². The minimum absolute atomic E-state index is 0.327. The van der Waals surface area contributed by atoms with Gasteiger partial charge in [0.25, 0.3) is 0 Å². The molecule has 2 nitrogen and oxygen atoms in total. The van der Waals surface area contributed by atoms with Crippen molar-refractivity contribution in [1.82, 2.24) is 0 Å². The zero-order valence-electron chi connectivity index (χ0n) is 15.5. The molecule has 1 N–H and O–H groups in total. The lowest BCUT2D eigenvalue weighted by Crippen LogP contribution is -1.99. The molecule has 0 amide bonds. The summed E-state index contributed by atoms with van der Waals surface area (Å²) in [4.78, 5) is 0. The Morgan fingerprint density at radius 1 is 0.893 bits per heavy atom. The van der Waals surface area contributed by atoms with Crippen molar-refractivity contribution in [2.24, 2.45) is 0 Å². The third-order valence-corrected chi connectivity index (χ3v) is 9.47. The molecule has 1 saturated heterocycles. The lowest BCUT2D eigenvalue weighted by atomic mass is 10.0. The van der Waals surface area contributed by atoms with E-state index in [1.165, 1.54) is 11.1 Å². The smallest absolute Gasteiger partial charge is 0.126 e. The molecule has 0 aromatic heterocycles. The molecule has 1 aliphatic heterocycles. The van der Waals surface area contributed by atoms with Crippen molar-refractivity contribution in [3.63, 3.8) is 0 Å². The molecule has 8 heteroatoms. The fourth-order valence-electron chi connectivity index (χ4n) is 3.38. The summed E-state index contributed by atoms with van der Waals surface area (Å²) in [5.74, 6) is 4.56. The predicted octanol–water partition coefficient (Wildman–Crippen LogP) is 6.34. The van der Waals surface area contributed by atoms with Gasteiger partial charge in [-0.15, -0.1) is 23.5 Å². The van der Waals surface area contributed by atoms with Crippen LogP contribution in [0.4, 0.5) is 0 Å². The molecule has 0 spiro atoms. The van der Waals surface area contributed by atoms with Crippen LogP contribution in [-0.4, -0.2) is 18.0 Å². The summed E-state index contributed by atoms with van der Waals surface area (Å²) in [5.41, 5.74) is 6.49. The van der Waals surface area contributed by atoms with Gasteiger partial charge in [0.15, 0.2) is 0 Å². The second-order valence-electron chi connectivity index (χ2n) is 6.48. The summed E-state index contributed by atoms with van der Waals surface area (Å²) in [5, 5.41) is 10.7. The number of thiol groups is 4. The molecule has 1 fully saturated rings. The average Bonchev–Trinajstić information content (AvgIpc) is 3.23. The number of hydrogen-bond donors (Lipinski definition) is 5. The first kappa shape index (κ1) is 22.8. The van der Waals surface area contributed by atoms with Crippen LogP contribution in [0.5, 0.6) is 11.5 Å². The number of methoxy groups -OCH3 is 1. The summed E-state index contributed by atoms with van der Waals surface area (Å²) in [6.45, 7) is 0. The molecule has 0 saturated carbocycles. The number of thioether (sulfide) groups is 2. The first-order valence-electron chi connectivity index (χ1n) is 8.81. The van der Waals surface area contributed by atoms with Gasteiger partial charge in [-0.3, -0.25) is 0 Å². The molecule has 0 bridgehead atoms. The molecule has 2 unspecified atom stereocenters. The Kier molecular flexibility index (Phi) is 8.51. The third kappa shape index (κ3) is 4.72. The Morgan fingerprint density at radius 2 is 1.39 bits per heavy atom. The summed E-state index contributed by atoms with van der Waals surface area (Å²) in [6.07, 6.45) is 0. The predicted molar refractivity (Wildman–Crippen MR) is 137 cm³/mol. The summed E-state index contributed by atoms with van der Waals surface area (Å²) < 4.78 is 5.93. The lowest BCUT2D eigenvalue weighted by Gasteiger charge is -2.18. The summed E-state index contributed by atoms with van der Waals surface area (Å²) in [6, 6.07) is 8.59. The van der Waals surface area contributed by atoms with Gasteiger partial charge in [0.1, 0.15) is 11.5 Å². The van der Waals surface area contributed by atoms with E-state index in [1.54, 1.807) is 7.11 Å². The van der Waals surface area contributed by atoms with Gasteiger partial charge < -0.3 is 9.84 Å². The van der Waals surface area contributed by atoms with Crippen LogP contribution >= 0.6 is 74.0 Å². The largest absolute Gasteiger partial charge is 0.507 e. The topological polar surface area (TPSA) is 29.5 Å². The van der Waals surface area contributed by atoms with Crippen molar-refractivity contribution in [3.8, 4) is 11.5 Å². The first-order valence-corrected chi connectivity index (χ1v) is 13.3. The van der Waals surface area contributed by atoms with Crippen LogP contribution in [-0.2, 0) is 23.0 Å². The number of rotatable bonds is 7. The van der Waals surface area contributed by atoms with Gasteiger partial charge in [-0.2, -0.15) is 50.5 Å². The van der Waals surface area contributed by atoms with E-state index in [2.05, 4.69) is 74.8 Å². The highest BCUT2D eigenvalue weighted by atomic mass is 32.2. The van der Waals surface area contributed by atoms with E-state index >= 15 is 0 Å². The van der Waals surface area contributed by atoms with E-state index in [4.69, 9.17) is 4.74 Å². The highest BCUT2D eigenvalue weighted by Crippen LogP contribution is 2.56. The third-order valence-electron chi connectivity index (χ3n) is 4.77. The van der Waals surface area contributed by atoms with Gasteiger partial charge >= 0.3 is 0 Å². The first-order chi connectivity index (χ1) is 13.6. The quantitative estimate of drug-likeness (QED) is 0.294. The molecule has 2 atom stereocenters. The van der Waals surface area contributed by atoms with Crippen molar-refractivity contribution in [2.45, 2.75) is 32.8 Å². The van der Waals surface area contributed by atoms with Gasteiger partial charge in [0.2, 0.25) is 0 Å². The maximum atomic E-state index is 10.3. The van der Waals surface area contributed by atoms with E-state index < -0.39 is 0 Å². The minimum atomic E-state index is 0.327. The molecular weight excluding hydrogens is 465 g/mol. The molecule has 0 aliphatic carbocycles. The van der Waals surface area contributed by atoms with Gasteiger partial charge in [0, 0.05) is 56.3 Å². The SMILES string of the molecule is COc1c(CS)cc(C2SCC(c3cc(CS)c(O)c(CS)c3)S2)cc1CS. The average molecular weight is 489 g/mol. The minimum Gasteiger partial charge on any atom is -0.507 e. The van der Waals surface area contributed by atoms with Crippen LogP contribution in [0.2, 0.25) is 0 Å². The fourth-order valence-corrected chi connectivity index (χ4v) is 7.59. The number of ether oxygens (including phenoxy) is 1. The number of phenolic OH excluding ortho intramolecular Hbond substituents is 1. The Hall–Kier alpha value is 0.140. The fraction of sp³-hybridized carbons (Fsp3) is 0.400. The lowest BCUT2D eigenvalue weighted by molar-refractivity contribution is 0.408. The van der Waals surface area contributed by atoms with E-state index in [-0.39, 0.29) is 0 Å². The highest BCUT2D eigenvalue weighted by molar-refractivity contribution is 8.19. The maximum Gasteiger partial charge on any atom is 0.126 e. The highest BCUT2D eigenvalue weighted by Gasteiger charge is 2.30. The van der Waals surface area contributed by atoms with Gasteiger partial charge in [-0.25, -0.2) is 0 Å². The summed E-state index contributed by atoms with van der Waals surface area (Å²) >= 11 is 21.6. The maximum absolute atomic E-state index is 10.3. The van der Waals surface area contributed by atoms with Crippen LogP contribution in [0, 0.1) is 0 Å². The molecular formula is C20H24O2S6. The number of hydrogen-bond acceptors (Lipinski definition) is 8. The second-order valence-corrected chi connectivity index (χ2v) is 10.5. The van der Waals surface area contributed by atoms with Crippen LogP contribution in [0.15, 0.2) is 24.3 Å². The molecule has 152 valence electrons. The summed E-state index contributed by atoms with van der Waals surface area (Å²) in [7, 11) is 1.70. The molecule has 1 heterocycles. The van der Waals surface area contributed by atoms with E-state index in [9.17, 15) is 5.11 Å². The van der Waals surface area contributed by atoms with Crippen LogP contribution in [0.25, 0.3) is 0 Å². The van der Waals surface area contributed by atoms with Crippen molar-refractivity contribution >= 4 is 74.0 Å². The Morgan fingerprint density at radius 3 is 1.86 bits per heavy atom. The number of phenols is 1. The zero-order valence-corrected chi connectivity index (χ0v) is 20.7. The Labute approximate surface area is 197 Å². The second kappa shape index (κ2) is 10.4. The molecule has 28 heavy (non-hydrogen) atoms. The monoisotopic (exact) mass is 488 g/mol. The van der Waals surface area contributed by atoms with E-state index in [0.717, 1.165) is 33.8 Å². The Bertz CT molecular complexity index is 791. The molecule has 2 aromatic carbocycles. The number of benzene rings is 2. The normalized spacial score (nSPS) is 19.2. The standard InChI is InChI=1S/C20H24O2S6/c1-22-19-15(8-25)4-12(5-16(19)9-26)20-27-10-17(28-20)11-2-13(6-23)18(21)14(3-11)7-24/h2-5,17,20-21,23-26H,6-10H2,1H3. The molecule has 1 aliphatic rings. The molecule has 2 aromatic rings. The van der Waals surface area contributed by atoms with Crippen molar-refractivity contribution in [2.75, 3.05) is 12.9 Å². The molecule has 0 radical (unpaired) electrons. The van der Waals surface area contributed by atoms with Crippen LogP contribution < -0.4 is 4.74 Å². The van der Waals surface area contributed by atoms with E-state index in [1.807, 2.05) is 23.5 Å². The van der Waals surface area contributed by atoms with Gasteiger partial charge in [-0.1, -0.05) is 12.1 Å². The Balaban J connectivity index is 1.88. The van der Waals surface area contributed by atoms with Gasteiger partial charge in [-0.05, 0) is 23.3 Å². The van der Waals surface area contributed by atoms with Gasteiger partial charge in [0.05, 0.1) is 11.7 Å². The van der Waals surface area contributed by atoms with Crippen LogP contribution in [0.1, 0.15) is 43.2 Å². The zero-order chi connectivity index (χ0) is 20.3. The molecule has 3 rings (SSSR count). The number of aromatic hydroxyl groups is 1. The van der Waals surface area contributed by atoms with E-state index in [0.29, 0.717) is 38.6 Å². The van der Waals surface area contributed by atoms with Crippen molar-refractivity contribution in [3.05, 3.63) is 57.6 Å². The van der Waals surface area contributed by atoms with Crippen molar-refractivity contribution in [1.29, 1.82) is 0 Å². The van der Waals surface area contributed by atoms with Crippen LogP contribution in [0.3, 0.4) is 0 Å².